The molecule has 0 saturated heterocycles. The Hall–Kier alpha value is -1.39. The fraction of sp³-hybridized carbons (Fsp3) is 0.500. The van der Waals surface area contributed by atoms with Crippen LogP contribution >= 0.6 is 0 Å². The monoisotopic (exact) mass is 251 g/mol. The first-order chi connectivity index (χ1) is 8.65. The number of nitrogens with one attached hydrogen (secondary N) is 1. The van der Waals surface area contributed by atoms with Crippen LogP contribution in [0.5, 0.6) is 0 Å². The Morgan fingerprint density at radius 2 is 2.06 bits per heavy atom. The number of hydrogen-bond acceptors (Lipinski definition) is 4. The molecular formula is C14H21NO3. The Labute approximate surface area is 108 Å². The minimum atomic E-state index is -0.684. The summed E-state index contributed by atoms with van der Waals surface area (Å²) in [5.41, 5.74) is 1.20. The highest BCUT2D eigenvalue weighted by molar-refractivity contribution is 5.72. The van der Waals surface area contributed by atoms with Gasteiger partial charge in [-0.2, -0.15) is 0 Å². The summed E-state index contributed by atoms with van der Waals surface area (Å²) in [6.45, 7) is 3.03. The number of ether oxygens (including phenoxy) is 1. The van der Waals surface area contributed by atoms with E-state index in [4.69, 9.17) is 0 Å². The predicted molar refractivity (Wildman–Crippen MR) is 70.0 cm³/mol. The molecule has 0 aliphatic rings. The first kappa shape index (κ1) is 14.7. The van der Waals surface area contributed by atoms with Gasteiger partial charge in [-0.15, -0.1) is 0 Å². The van der Waals surface area contributed by atoms with Crippen LogP contribution in [0.25, 0.3) is 0 Å². The van der Waals surface area contributed by atoms with Gasteiger partial charge in [-0.1, -0.05) is 30.3 Å². The molecule has 0 heterocycles. The Balaban J connectivity index is 2.29. The number of carbonyl (C=O) groups excluding carboxylic acids is 1. The number of benzene rings is 1. The molecule has 18 heavy (non-hydrogen) atoms. The molecule has 0 aliphatic heterocycles. The van der Waals surface area contributed by atoms with Crippen molar-refractivity contribution in [3.8, 4) is 0 Å². The Kier molecular flexibility index (Phi) is 6.39. The first-order valence-electron chi connectivity index (χ1n) is 6.15. The second-order valence-electron chi connectivity index (χ2n) is 4.32. The number of carbonyl (C=O) groups is 1. The van der Waals surface area contributed by atoms with Gasteiger partial charge in [0.05, 0.1) is 19.1 Å². The highest BCUT2D eigenvalue weighted by Crippen LogP contribution is 2.10. The van der Waals surface area contributed by atoms with E-state index < -0.39 is 12.0 Å². The molecule has 4 nitrogen and oxygen atoms in total. The highest BCUT2D eigenvalue weighted by atomic mass is 16.5. The lowest BCUT2D eigenvalue weighted by Crippen LogP contribution is -2.30. The smallest absolute Gasteiger partial charge is 0.311 e. The number of aliphatic hydroxyl groups is 1. The molecule has 0 spiro atoms. The van der Waals surface area contributed by atoms with Crippen molar-refractivity contribution in [1.29, 1.82) is 0 Å². The quantitative estimate of drug-likeness (QED) is 0.567. The summed E-state index contributed by atoms with van der Waals surface area (Å²) in [6.07, 6.45) is -0.118. The summed E-state index contributed by atoms with van der Waals surface area (Å²) >= 11 is 0. The molecule has 0 radical (unpaired) electrons. The third-order valence-corrected chi connectivity index (χ3v) is 2.89. The maximum Gasteiger partial charge on any atom is 0.311 e. The minimum Gasteiger partial charge on any atom is -0.469 e. The van der Waals surface area contributed by atoms with Crippen molar-refractivity contribution in [3.05, 3.63) is 35.9 Å². The van der Waals surface area contributed by atoms with Crippen LogP contribution in [0.4, 0.5) is 0 Å². The molecule has 0 amide bonds. The summed E-state index contributed by atoms with van der Waals surface area (Å²) < 4.78 is 4.66. The third kappa shape index (κ3) is 4.85. The number of rotatable bonds is 7. The summed E-state index contributed by atoms with van der Waals surface area (Å²) in [7, 11) is 1.34. The lowest BCUT2D eigenvalue weighted by Gasteiger charge is -2.17. The molecule has 0 aromatic heterocycles. The number of methoxy groups -OCH3 is 1. The topological polar surface area (TPSA) is 58.6 Å². The van der Waals surface area contributed by atoms with Crippen LogP contribution in [-0.4, -0.2) is 30.8 Å². The third-order valence-electron chi connectivity index (χ3n) is 2.89. The fourth-order valence-electron chi connectivity index (χ4n) is 1.79. The molecule has 0 unspecified atom stereocenters. The molecule has 2 atom stereocenters. The molecule has 1 rings (SSSR count). The largest absolute Gasteiger partial charge is 0.469 e. The van der Waals surface area contributed by atoms with Crippen LogP contribution in [0, 0.1) is 5.92 Å². The van der Waals surface area contributed by atoms with Crippen molar-refractivity contribution >= 4 is 5.97 Å². The van der Waals surface area contributed by atoms with Crippen LogP contribution in [-0.2, 0) is 16.1 Å². The minimum absolute atomic E-state index is 0.355. The molecule has 4 heteroatoms. The number of esters is 1. The Morgan fingerprint density at radius 1 is 1.39 bits per heavy atom. The molecule has 0 aliphatic carbocycles. The normalized spacial score (nSPS) is 13.9. The van der Waals surface area contributed by atoms with Crippen molar-refractivity contribution < 1.29 is 14.6 Å². The van der Waals surface area contributed by atoms with Gasteiger partial charge in [0, 0.05) is 6.54 Å². The lowest BCUT2D eigenvalue weighted by atomic mass is 10.00. The van der Waals surface area contributed by atoms with Crippen LogP contribution in [0.15, 0.2) is 30.3 Å². The average molecular weight is 251 g/mol. The molecule has 0 fully saturated rings. The highest BCUT2D eigenvalue weighted by Gasteiger charge is 2.23. The van der Waals surface area contributed by atoms with E-state index in [9.17, 15) is 9.90 Å². The Bertz CT molecular complexity index is 351. The van der Waals surface area contributed by atoms with Crippen LogP contribution in [0.1, 0.15) is 18.9 Å². The zero-order chi connectivity index (χ0) is 13.4. The molecule has 0 bridgehead atoms. The van der Waals surface area contributed by atoms with E-state index in [0.29, 0.717) is 13.0 Å². The van der Waals surface area contributed by atoms with Crippen molar-refractivity contribution in [2.75, 3.05) is 13.7 Å². The fourth-order valence-corrected chi connectivity index (χ4v) is 1.79. The molecule has 1 aromatic rings. The van der Waals surface area contributed by atoms with Crippen molar-refractivity contribution in [1.82, 2.24) is 5.32 Å². The first-order valence-corrected chi connectivity index (χ1v) is 6.15. The summed E-state index contributed by atoms with van der Waals surface area (Å²) in [5, 5.41) is 12.7. The standard InChI is InChI=1S/C14H21NO3/c1-11(16)13(14(17)18-2)8-9-15-10-12-6-4-3-5-7-12/h3-7,11,13,15-16H,8-10H2,1-2H3/t11-,13+/m0/s1. The van der Waals surface area contributed by atoms with E-state index in [1.54, 1.807) is 6.92 Å². The van der Waals surface area contributed by atoms with E-state index in [0.717, 1.165) is 6.54 Å². The van der Waals surface area contributed by atoms with Crippen LogP contribution in [0.3, 0.4) is 0 Å². The number of aliphatic hydroxyl groups excluding tert-OH is 1. The van der Waals surface area contributed by atoms with Gasteiger partial charge in [-0.05, 0) is 25.5 Å². The van der Waals surface area contributed by atoms with Crippen molar-refractivity contribution in [2.45, 2.75) is 26.0 Å². The maximum atomic E-state index is 11.4. The number of hydrogen-bond donors (Lipinski definition) is 2. The zero-order valence-corrected chi connectivity index (χ0v) is 10.9. The van der Waals surface area contributed by atoms with E-state index >= 15 is 0 Å². The van der Waals surface area contributed by atoms with E-state index in [1.807, 2.05) is 30.3 Å². The van der Waals surface area contributed by atoms with E-state index in [2.05, 4.69) is 10.1 Å². The molecular weight excluding hydrogens is 230 g/mol. The summed E-state index contributed by atoms with van der Waals surface area (Å²) in [5.74, 6) is -0.815. The van der Waals surface area contributed by atoms with Gasteiger partial charge in [0.25, 0.3) is 0 Å². The van der Waals surface area contributed by atoms with E-state index in [1.165, 1.54) is 12.7 Å². The second kappa shape index (κ2) is 7.84. The predicted octanol–water partition coefficient (Wildman–Crippen LogP) is 1.34. The van der Waals surface area contributed by atoms with Crippen LogP contribution in [0.2, 0.25) is 0 Å². The molecule has 2 N–H and O–H groups in total. The van der Waals surface area contributed by atoms with Crippen molar-refractivity contribution in [2.24, 2.45) is 5.92 Å². The van der Waals surface area contributed by atoms with Gasteiger partial charge in [0.2, 0.25) is 0 Å². The summed E-state index contributed by atoms with van der Waals surface area (Å²) in [6, 6.07) is 10.0. The summed E-state index contributed by atoms with van der Waals surface area (Å²) in [4.78, 5) is 11.4. The lowest BCUT2D eigenvalue weighted by molar-refractivity contribution is -0.149. The van der Waals surface area contributed by atoms with Gasteiger partial charge in [-0.25, -0.2) is 0 Å². The Morgan fingerprint density at radius 3 is 2.61 bits per heavy atom. The van der Waals surface area contributed by atoms with E-state index in [-0.39, 0.29) is 5.97 Å². The van der Waals surface area contributed by atoms with Gasteiger partial charge >= 0.3 is 5.97 Å². The molecule has 0 saturated carbocycles. The van der Waals surface area contributed by atoms with Crippen molar-refractivity contribution in [3.63, 3.8) is 0 Å². The van der Waals surface area contributed by atoms with Gasteiger partial charge in [0.1, 0.15) is 0 Å². The second-order valence-corrected chi connectivity index (χ2v) is 4.32. The average Bonchev–Trinajstić information content (AvgIpc) is 2.38. The van der Waals surface area contributed by atoms with Gasteiger partial charge < -0.3 is 15.2 Å². The zero-order valence-electron chi connectivity index (χ0n) is 10.9. The maximum absolute atomic E-state index is 11.4. The molecule has 1 aromatic carbocycles. The SMILES string of the molecule is COC(=O)[C@H](CCNCc1ccccc1)[C@H](C)O. The molecule has 100 valence electrons. The van der Waals surface area contributed by atoms with Gasteiger partial charge in [0.15, 0.2) is 0 Å². The van der Waals surface area contributed by atoms with Crippen LogP contribution < -0.4 is 5.32 Å². The van der Waals surface area contributed by atoms with Gasteiger partial charge in [-0.3, -0.25) is 4.79 Å².